The molecular formula is C20H15F2N5O2S. The Balaban J connectivity index is 1.84. The highest BCUT2D eigenvalue weighted by Crippen LogP contribution is 2.30. The van der Waals surface area contributed by atoms with Gasteiger partial charge in [-0.15, -0.1) is 11.3 Å². The maximum atomic E-state index is 14.2. The molecule has 0 fully saturated rings. The second-order valence-electron chi connectivity index (χ2n) is 6.57. The summed E-state index contributed by atoms with van der Waals surface area (Å²) in [6.07, 6.45) is 0. The third-order valence-corrected chi connectivity index (χ3v) is 5.45. The van der Waals surface area contributed by atoms with Crippen LogP contribution >= 0.6 is 11.3 Å². The number of aromatic nitrogens is 3. The van der Waals surface area contributed by atoms with E-state index in [9.17, 15) is 18.4 Å². The van der Waals surface area contributed by atoms with Gasteiger partial charge in [-0.25, -0.2) is 13.8 Å². The van der Waals surface area contributed by atoms with E-state index >= 15 is 0 Å². The van der Waals surface area contributed by atoms with Crippen molar-refractivity contribution < 1.29 is 18.4 Å². The number of nitrogens with two attached hydrogens (primary N) is 1. The number of aryl methyl sites for hydroxylation is 2. The molecule has 0 bridgehead atoms. The van der Waals surface area contributed by atoms with E-state index in [0.717, 1.165) is 10.9 Å². The number of carbonyl (C=O) groups is 2. The Bertz CT molecular complexity index is 1310. The highest BCUT2D eigenvalue weighted by molar-refractivity contribution is 7.13. The summed E-state index contributed by atoms with van der Waals surface area (Å²) in [4.78, 5) is 29.9. The van der Waals surface area contributed by atoms with Gasteiger partial charge < -0.3 is 11.1 Å². The first-order valence-corrected chi connectivity index (χ1v) is 9.62. The molecule has 0 saturated heterocycles. The van der Waals surface area contributed by atoms with Gasteiger partial charge in [-0.3, -0.25) is 14.3 Å². The number of carbonyl (C=O) groups excluding carboxylic acids is 2. The lowest BCUT2D eigenvalue weighted by Crippen LogP contribution is -2.17. The molecule has 7 nitrogen and oxygen atoms in total. The largest absolute Gasteiger partial charge is 0.366 e. The lowest BCUT2D eigenvalue weighted by molar-refractivity contribution is 0.0992. The number of thiophene rings is 1. The van der Waals surface area contributed by atoms with Crippen LogP contribution in [0.5, 0.6) is 0 Å². The Hall–Kier alpha value is -3.66. The highest BCUT2D eigenvalue weighted by Gasteiger charge is 2.22. The number of nitrogens with one attached hydrogen (secondary N) is 1. The minimum absolute atomic E-state index is 0.221. The summed E-state index contributed by atoms with van der Waals surface area (Å²) in [7, 11) is 1.71. The van der Waals surface area contributed by atoms with Gasteiger partial charge in [-0.05, 0) is 30.5 Å². The minimum atomic E-state index is -1.10. The number of fused-ring (bicyclic) bond motifs is 1. The van der Waals surface area contributed by atoms with Crippen molar-refractivity contribution in [3.8, 4) is 10.6 Å². The molecule has 3 N–H and O–H groups in total. The SMILES string of the molecule is Cc1nn(C)c2nc(-c3cccs3)cc(C(=O)Nc3cc(C(N)=O)c(F)cc3F)c12. The van der Waals surface area contributed by atoms with E-state index in [0.29, 0.717) is 28.5 Å². The number of primary amides is 1. The van der Waals surface area contributed by atoms with E-state index in [1.807, 2.05) is 17.5 Å². The standard InChI is InChI=1S/C20H15F2N5O2S/c1-9-17-11(7-15(16-4-3-5-30-16)24-19(17)27(2)26-9)20(29)25-14-6-10(18(23)28)12(21)8-13(14)22/h3-8H,1-2H3,(H2,23,28)(H,25,29). The minimum Gasteiger partial charge on any atom is -0.366 e. The topological polar surface area (TPSA) is 103 Å². The maximum Gasteiger partial charge on any atom is 0.256 e. The summed E-state index contributed by atoms with van der Waals surface area (Å²) in [6, 6.07) is 6.69. The summed E-state index contributed by atoms with van der Waals surface area (Å²) in [5, 5.41) is 9.11. The second kappa shape index (κ2) is 7.30. The zero-order chi connectivity index (χ0) is 21.6. The van der Waals surface area contributed by atoms with Crippen LogP contribution in [0, 0.1) is 18.6 Å². The van der Waals surface area contributed by atoms with Gasteiger partial charge in [0.25, 0.3) is 11.8 Å². The molecule has 0 unspecified atom stereocenters. The Kier molecular flexibility index (Phi) is 4.78. The molecule has 152 valence electrons. The van der Waals surface area contributed by atoms with Crippen molar-refractivity contribution in [3.05, 3.63) is 64.2 Å². The lowest BCUT2D eigenvalue weighted by Gasteiger charge is -2.11. The fourth-order valence-electron chi connectivity index (χ4n) is 3.20. The van der Waals surface area contributed by atoms with Crippen LogP contribution in [0.25, 0.3) is 21.6 Å². The van der Waals surface area contributed by atoms with Crippen LogP contribution < -0.4 is 11.1 Å². The molecule has 0 aliphatic heterocycles. The summed E-state index contributed by atoms with van der Waals surface area (Å²) in [5.41, 5.74) is 6.06. The smallest absolute Gasteiger partial charge is 0.256 e. The first-order chi connectivity index (χ1) is 14.3. The zero-order valence-electron chi connectivity index (χ0n) is 15.9. The molecular weight excluding hydrogens is 412 g/mol. The Morgan fingerprint density at radius 1 is 1.17 bits per heavy atom. The number of pyridine rings is 1. The third-order valence-electron chi connectivity index (χ3n) is 4.56. The number of hydrogen-bond donors (Lipinski definition) is 2. The van der Waals surface area contributed by atoms with Crippen LogP contribution in [0.1, 0.15) is 26.4 Å². The molecule has 3 aromatic heterocycles. The van der Waals surface area contributed by atoms with Crippen LogP contribution in [0.3, 0.4) is 0 Å². The number of amides is 2. The average Bonchev–Trinajstić information content (AvgIpc) is 3.32. The summed E-state index contributed by atoms with van der Waals surface area (Å²) in [5.74, 6) is -3.86. The summed E-state index contributed by atoms with van der Waals surface area (Å²) in [6.45, 7) is 1.73. The van der Waals surface area contributed by atoms with Crippen LogP contribution in [-0.4, -0.2) is 26.6 Å². The monoisotopic (exact) mass is 427 g/mol. The van der Waals surface area contributed by atoms with Crippen LogP contribution in [-0.2, 0) is 7.05 Å². The van der Waals surface area contributed by atoms with Crippen molar-refractivity contribution in [2.75, 3.05) is 5.32 Å². The van der Waals surface area contributed by atoms with Crippen LogP contribution in [0.15, 0.2) is 35.7 Å². The molecule has 1 aromatic carbocycles. The van der Waals surface area contributed by atoms with Crippen molar-refractivity contribution in [3.63, 3.8) is 0 Å². The molecule has 2 amide bonds. The molecule has 3 heterocycles. The van der Waals surface area contributed by atoms with E-state index in [4.69, 9.17) is 5.73 Å². The van der Waals surface area contributed by atoms with Gasteiger partial charge in [0.15, 0.2) is 5.65 Å². The lowest BCUT2D eigenvalue weighted by atomic mass is 10.1. The number of anilines is 1. The Morgan fingerprint density at radius 3 is 2.60 bits per heavy atom. The maximum absolute atomic E-state index is 14.2. The van der Waals surface area contributed by atoms with E-state index in [1.54, 1.807) is 24.7 Å². The molecule has 0 aliphatic carbocycles. The average molecular weight is 427 g/mol. The normalized spacial score (nSPS) is 11.1. The van der Waals surface area contributed by atoms with Crippen molar-refractivity contribution in [2.24, 2.45) is 12.8 Å². The number of halogens is 2. The molecule has 0 aliphatic rings. The van der Waals surface area contributed by atoms with Crippen LogP contribution in [0.2, 0.25) is 0 Å². The van der Waals surface area contributed by atoms with Crippen molar-refractivity contribution in [2.45, 2.75) is 6.92 Å². The Labute approximate surface area is 173 Å². The summed E-state index contributed by atoms with van der Waals surface area (Å²) < 4.78 is 29.5. The summed E-state index contributed by atoms with van der Waals surface area (Å²) >= 11 is 1.45. The van der Waals surface area contributed by atoms with Gasteiger partial charge in [0.1, 0.15) is 11.6 Å². The van der Waals surface area contributed by atoms with Gasteiger partial charge in [-0.1, -0.05) is 6.07 Å². The van der Waals surface area contributed by atoms with Crippen molar-refractivity contribution >= 4 is 39.9 Å². The molecule has 10 heteroatoms. The van der Waals surface area contributed by atoms with E-state index in [2.05, 4.69) is 15.4 Å². The molecule has 30 heavy (non-hydrogen) atoms. The van der Waals surface area contributed by atoms with E-state index in [-0.39, 0.29) is 11.3 Å². The van der Waals surface area contributed by atoms with Crippen molar-refractivity contribution in [1.29, 1.82) is 0 Å². The predicted molar refractivity (Wildman–Crippen MR) is 109 cm³/mol. The number of nitrogens with zero attached hydrogens (tertiary/aromatic N) is 3. The molecule has 0 saturated carbocycles. The van der Waals surface area contributed by atoms with Gasteiger partial charge in [-0.2, -0.15) is 5.10 Å². The van der Waals surface area contributed by atoms with Gasteiger partial charge in [0, 0.05) is 13.1 Å². The predicted octanol–water partition coefficient (Wildman–Crippen LogP) is 3.63. The first-order valence-electron chi connectivity index (χ1n) is 8.74. The second-order valence-corrected chi connectivity index (χ2v) is 7.52. The number of rotatable bonds is 4. The zero-order valence-corrected chi connectivity index (χ0v) is 16.7. The third kappa shape index (κ3) is 3.30. The number of hydrogen-bond acceptors (Lipinski definition) is 5. The molecule has 4 aromatic rings. The fourth-order valence-corrected chi connectivity index (χ4v) is 3.88. The van der Waals surface area contributed by atoms with Crippen LogP contribution in [0.4, 0.5) is 14.5 Å². The molecule has 0 radical (unpaired) electrons. The quantitative estimate of drug-likeness (QED) is 0.519. The first kappa shape index (κ1) is 19.6. The highest BCUT2D eigenvalue weighted by atomic mass is 32.1. The number of benzene rings is 1. The van der Waals surface area contributed by atoms with Gasteiger partial charge in [0.05, 0.1) is 38.5 Å². The van der Waals surface area contributed by atoms with Crippen molar-refractivity contribution in [1.82, 2.24) is 14.8 Å². The van der Waals surface area contributed by atoms with E-state index in [1.165, 1.54) is 11.3 Å². The molecule has 0 atom stereocenters. The molecule has 4 rings (SSSR count). The van der Waals surface area contributed by atoms with Gasteiger partial charge >= 0.3 is 0 Å². The fraction of sp³-hybridized carbons (Fsp3) is 0.100. The molecule has 0 spiro atoms. The van der Waals surface area contributed by atoms with E-state index < -0.39 is 29.0 Å². The van der Waals surface area contributed by atoms with Gasteiger partial charge in [0.2, 0.25) is 0 Å². The Morgan fingerprint density at radius 2 is 1.93 bits per heavy atom.